The molecule has 6 nitrogen and oxygen atoms in total. The molecule has 0 aliphatic rings. The van der Waals surface area contributed by atoms with Crippen molar-refractivity contribution in [3.63, 3.8) is 0 Å². The van der Waals surface area contributed by atoms with Crippen molar-refractivity contribution < 1.29 is 52.9 Å². The summed E-state index contributed by atoms with van der Waals surface area (Å²) in [5.41, 5.74) is 5.20. The van der Waals surface area contributed by atoms with E-state index in [2.05, 4.69) is 28.1 Å². The number of phosphoric ester groups is 1. The van der Waals surface area contributed by atoms with Gasteiger partial charge in [0.1, 0.15) is 6.23 Å². The van der Waals surface area contributed by atoms with Crippen LogP contribution in [0.3, 0.4) is 0 Å². The van der Waals surface area contributed by atoms with Crippen LogP contribution in [0.1, 0.15) is 104 Å². The Morgan fingerprint density at radius 2 is 1.43 bits per heavy atom. The minimum Gasteiger partial charge on any atom is -0.746 e. The van der Waals surface area contributed by atoms with Gasteiger partial charge in [0, 0.05) is 6.42 Å². The van der Waals surface area contributed by atoms with Gasteiger partial charge >= 0.3 is 43.3 Å². The molecule has 28 heavy (non-hydrogen) atoms. The average molecular weight is 427 g/mol. The molecule has 2 atom stereocenters. The van der Waals surface area contributed by atoms with Crippen LogP contribution in [0.4, 0.5) is 0 Å². The minimum absolute atomic E-state index is 0. The number of hydrogen-bond donors (Lipinski definition) is 1. The zero-order valence-electron chi connectivity index (χ0n) is 18.2. The Morgan fingerprint density at radius 1 is 0.964 bits per heavy atom. The summed E-state index contributed by atoms with van der Waals surface area (Å²) < 4.78 is 20.0. The average Bonchev–Trinajstić information content (AvgIpc) is 2.56. The van der Waals surface area contributed by atoms with E-state index in [1.165, 1.54) is 51.9 Å². The van der Waals surface area contributed by atoms with Crippen LogP contribution in [0.25, 0.3) is 0 Å². The first-order valence-corrected chi connectivity index (χ1v) is 12.0. The minimum atomic E-state index is -4.63. The third-order valence-corrected chi connectivity index (χ3v) is 5.17. The number of carbonyl (C=O) groups is 1. The van der Waals surface area contributed by atoms with E-state index in [1.54, 1.807) is 0 Å². The van der Waals surface area contributed by atoms with Gasteiger partial charge < -0.3 is 15.2 Å². The summed E-state index contributed by atoms with van der Waals surface area (Å²) in [6.07, 6.45) is 18.7. The topological polar surface area (TPSA) is 102 Å². The fourth-order valence-electron chi connectivity index (χ4n) is 2.74. The maximum Gasteiger partial charge on any atom is 1.00 e. The van der Waals surface area contributed by atoms with Gasteiger partial charge in [-0.1, -0.05) is 70.4 Å². The van der Waals surface area contributed by atoms with Gasteiger partial charge in [0.15, 0.2) is 0 Å². The molecular formula is C20H39NNaO5P. The zero-order chi connectivity index (χ0) is 20.4. The van der Waals surface area contributed by atoms with Crippen LogP contribution in [-0.4, -0.2) is 12.2 Å². The predicted octanol–water partition coefficient (Wildman–Crippen LogP) is 2.36. The van der Waals surface area contributed by atoms with E-state index in [1.807, 2.05) is 0 Å². The molecule has 0 saturated heterocycles. The Kier molecular flexibility index (Phi) is 22.4. The molecule has 0 aromatic heterocycles. The Morgan fingerprint density at radius 3 is 1.93 bits per heavy atom. The number of hydrogen-bond acceptors (Lipinski definition) is 6. The van der Waals surface area contributed by atoms with Crippen molar-refractivity contribution in [1.29, 1.82) is 0 Å². The largest absolute Gasteiger partial charge is 1.00 e. The van der Waals surface area contributed by atoms with Crippen molar-refractivity contribution in [1.82, 2.24) is 0 Å². The molecule has 0 radical (unpaired) electrons. The molecule has 0 bridgehead atoms. The van der Waals surface area contributed by atoms with E-state index in [0.717, 1.165) is 32.1 Å². The SMILES string of the molecule is CCCCCCCC/C=C\CCCCCCCC(=O)OP(=O)([O-])OC(C)N.[Na+]. The molecular weight excluding hydrogens is 388 g/mol. The molecule has 0 heterocycles. The van der Waals surface area contributed by atoms with Gasteiger partial charge in [-0.2, -0.15) is 0 Å². The second kappa shape index (κ2) is 20.6. The molecule has 2 unspecified atom stereocenters. The first kappa shape index (κ1) is 30.5. The van der Waals surface area contributed by atoms with E-state index in [0.29, 0.717) is 6.42 Å². The first-order valence-electron chi connectivity index (χ1n) is 10.5. The maximum absolute atomic E-state index is 11.4. The smallest absolute Gasteiger partial charge is 0.746 e. The van der Waals surface area contributed by atoms with E-state index in [-0.39, 0.29) is 36.0 Å². The van der Waals surface area contributed by atoms with Crippen LogP contribution in [0.2, 0.25) is 0 Å². The number of rotatable bonds is 18. The van der Waals surface area contributed by atoms with Crippen LogP contribution in [0.5, 0.6) is 0 Å². The second-order valence-corrected chi connectivity index (χ2v) is 8.34. The number of unbranched alkanes of at least 4 members (excludes halogenated alkanes) is 11. The van der Waals surface area contributed by atoms with Crippen molar-refractivity contribution in [3.8, 4) is 0 Å². The number of carbonyl (C=O) groups excluding carboxylic acids is 1. The van der Waals surface area contributed by atoms with Crippen molar-refractivity contribution in [3.05, 3.63) is 12.2 Å². The summed E-state index contributed by atoms with van der Waals surface area (Å²) >= 11 is 0. The summed E-state index contributed by atoms with van der Waals surface area (Å²) in [6.45, 7) is 3.59. The summed E-state index contributed by atoms with van der Waals surface area (Å²) in [6, 6.07) is 0. The molecule has 0 rings (SSSR count). The summed E-state index contributed by atoms with van der Waals surface area (Å²) in [4.78, 5) is 22.7. The van der Waals surface area contributed by atoms with E-state index in [4.69, 9.17) is 5.73 Å². The zero-order valence-corrected chi connectivity index (χ0v) is 21.1. The molecule has 0 fully saturated rings. The molecule has 0 aliphatic carbocycles. The fraction of sp³-hybridized carbons (Fsp3) is 0.850. The third kappa shape index (κ3) is 22.6. The molecule has 0 aliphatic heterocycles. The third-order valence-electron chi connectivity index (χ3n) is 4.15. The molecule has 8 heteroatoms. The summed E-state index contributed by atoms with van der Waals surface area (Å²) in [7, 11) is -4.63. The Bertz CT molecular complexity index is 446. The molecule has 0 spiro atoms. The monoisotopic (exact) mass is 427 g/mol. The maximum atomic E-state index is 11.4. The van der Waals surface area contributed by atoms with E-state index < -0.39 is 20.0 Å². The van der Waals surface area contributed by atoms with Gasteiger partial charge in [0.05, 0.1) is 0 Å². The molecule has 0 aromatic rings. The Balaban J connectivity index is 0. The Hall–Kier alpha value is 0.320. The van der Waals surface area contributed by atoms with Crippen molar-refractivity contribution >= 4 is 13.8 Å². The van der Waals surface area contributed by atoms with Crippen LogP contribution in [0.15, 0.2) is 12.2 Å². The van der Waals surface area contributed by atoms with Crippen LogP contribution < -0.4 is 40.2 Å². The Labute approximate surface area is 193 Å². The summed E-state index contributed by atoms with van der Waals surface area (Å²) in [5.74, 6) is -0.786. The van der Waals surface area contributed by atoms with Gasteiger partial charge in [0.2, 0.25) is 0 Å². The van der Waals surface area contributed by atoms with Crippen LogP contribution >= 0.6 is 7.82 Å². The fourth-order valence-corrected chi connectivity index (χ4v) is 3.53. The van der Waals surface area contributed by atoms with Crippen molar-refractivity contribution in [2.45, 2.75) is 110 Å². The van der Waals surface area contributed by atoms with Gasteiger partial charge in [-0.05, 0) is 39.0 Å². The van der Waals surface area contributed by atoms with Crippen molar-refractivity contribution in [2.24, 2.45) is 5.73 Å². The molecule has 0 aromatic carbocycles. The normalized spacial score (nSPS) is 14.4. The number of allylic oxidation sites excluding steroid dienone is 2. The quantitative estimate of drug-likeness (QED) is 0.118. The van der Waals surface area contributed by atoms with Gasteiger partial charge in [0.25, 0.3) is 0 Å². The van der Waals surface area contributed by atoms with E-state index in [9.17, 15) is 14.3 Å². The summed E-state index contributed by atoms with van der Waals surface area (Å²) in [5, 5.41) is 0. The van der Waals surface area contributed by atoms with Gasteiger partial charge in [-0.15, -0.1) is 0 Å². The first-order chi connectivity index (χ1) is 12.9. The van der Waals surface area contributed by atoms with Crippen LogP contribution in [-0.2, 0) is 18.4 Å². The van der Waals surface area contributed by atoms with Crippen molar-refractivity contribution in [2.75, 3.05) is 0 Å². The molecule has 0 amide bonds. The van der Waals surface area contributed by atoms with Gasteiger partial charge in [-0.25, -0.2) is 0 Å². The molecule has 2 N–H and O–H groups in total. The second-order valence-electron chi connectivity index (χ2n) is 7.06. The molecule has 160 valence electrons. The molecule has 0 saturated carbocycles. The number of phosphoric acid groups is 1. The van der Waals surface area contributed by atoms with E-state index >= 15 is 0 Å². The van der Waals surface area contributed by atoms with Gasteiger partial charge in [-0.3, -0.25) is 13.9 Å². The standard InChI is InChI=1S/C20H40NO5P.Na/c1-3-4-5-6-7-8-9-10-11-12-13-14-15-16-17-18-20(22)26-27(23,24)25-19(2)21;/h10-11,19H,3-9,12-18,21H2,1-2H3,(H,23,24);/q;+1/p-1/b11-10-;. The number of nitrogens with two attached hydrogens (primary N) is 1. The predicted molar refractivity (Wildman–Crippen MR) is 108 cm³/mol. The van der Waals surface area contributed by atoms with Crippen LogP contribution in [0, 0.1) is 0 Å².